The van der Waals surface area contributed by atoms with E-state index in [-0.39, 0.29) is 24.0 Å². The van der Waals surface area contributed by atoms with Gasteiger partial charge in [0, 0.05) is 26.3 Å². The van der Waals surface area contributed by atoms with Gasteiger partial charge in [-0.05, 0) is 42.2 Å². The quantitative estimate of drug-likeness (QED) is 0.291. The number of nitrogens with zero attached hydrogens (tertiary/aromatic N) is 2. The highest BCUT2D eigenvalue weighted by Crippen LogP contribution is 2.18. The van der Waals surface area contributed by atoms with E-state index in [2.05, 4.69) is 26.7 Å². The maximum atomic E-state index is 5.78. The highest BCUT2D eigenvalue weighted by atomic mass is 127. The number of halogens is 2. The van der Waals surface area contributed by atoms with Crippen LogP contribution in [-0.2, 0) is 13.0 Å². The number of nitrogens with one attached hydrogen (secondary N) is 2. The molecule has 0 atom stereocenters. The van der Waals surface area contributed by atoms with Crippen molar-refractivity contribution < 1.29 is 4.74 Å². The molecule has 25 heavy (non-hydrogen) atoms. The lowest BCUT2D eigenvalue weighted by molar-refractivity contribution is 0.411. The van der Waals surface area contributed by atoms with Crippen molar-refractivity contribution in [3.8, 4) is 5.75 Å². The monoisotopic (exact) mass is 474 g/mol. The lowest BCUT2D eigenvalue weighted by Crippen LogP contribution is -2.37. The lowest BCUT2D eigenvalue weighted by Gasteiger charge is -2.13. The number of aryl methyl sites for hydroxylation is 1. The second-order valence-electron chi connectivity index (χ2n) is 5.40. The molecule has 0 aliphatic rings. The molecule has 7 heteroatoms. The highest BCUT2D eigenvalue weighted by Gasteiger charge is 2.02. The molecular formula is C18H24ClIN4O. The van der Waals surface area contributed by atoms with Crippen LogP contribution in [0.25, 0.3) is 0 Å². The minimum absolute atomic E-state index is 0. The van der Waals surface area contributed by atoms with E-state index >= 15 is 0 Å². The van der Waals surface area contributed by atoms with E-state index in [1.165, 1.54) is 5.56 Å². The van der Waals surface area contributed by atoms with Gasteiger partial charge in [0.25, 0.3) is 0 Å². The average Bonchev–Trinajstić information content (AvgIpc) is 2.59. The molecule has 1 aromatic heterocycles. The summed E-state index contributed by atoms with van der Waals surface area (Å²) in [5.74, 6) is 1.67. The maximum absolute atomic E-state index is 5.78. The number of ether oxygens (including phenoxy) is 1. The van der Waals surface area contributed by atoms with Crippen molar-refractivity contribution in [2.24, 2.45) is 4.99 Å². The first-order valence-electron chi connectivity index (χ1n) is 7.81. The lowest BCUT2D eigenvalue weighted by atomic mass is 10.1. The fourth-order valence-corrected chi connectivity index (χ4v) is 2.45. The minimum atomic E-state index is 0. The van der Waals surface area contributed by atoms with Gasteiger partial charge in [0.1, 0.15) is 10.9 Å². The van der Waals surface area contributed by atoms with Gasteiger partial charge in [0.05, 0.1) is 7.11 Å². The third-order valence-corrected chi connectivity index (χ3v) is 3.86. The molecule has 0 bridgehead atoms. The summed E-state index contributed by atoms with van der Waals surface area (Å²) >= 11 is 5.78. The molecular weight excluding hydrogens is 451 g/mol. The van der Waals surface area contributed by atoms with Crippen molar-refractivity contribution in [3.05, 3.63) is 58.4 Å². The second-order valence-corrected chi connectivity index (χ2v) is 5.78. The van der Waals surface area contributed by atoms with Gasteiger partial charge in [-0.3, -0.25) is 4.99 Å². The van der Waals surface area contributed by atoms with E-state index in [4.69, 9.17) is 16.3 Å². The topological polar surface area (TPSA) is 58.5 Å². The number of aromatic nitrogens is 1. The number of aliphatic imine (C=N–C) groups is 1. The van der Waals surface area contributed by atoms with E-state index in [1.54, 1.807) is 26.4 Å². The number of rotatable bonds is 6. The second kappa shape index (κ2) is 11.1. The Labute approximate surface area is 171 Å². The van der Waals surface area contributed by atoms with E-state index in [1.807, 2.05) is 25.1 Å². The average molecular weight is 475 g/mol. The Morgan fingerprint density at radius 3 is 2.56 bits per heavy atom. The predicted molar refractivity (Wildman–Crippen MR) is 114 cm³/mol. The van der Waals surface area contributed by atoms with Crippen LogP contribution in [-0.4, -0.2) is 31.6 Å². The third kappa shape index (κ3) is 7.07. The summed E-state index contributed by atoms with van der Waals surface area (Å²) < 4.78 is 5.28. The van der Waals surface area contributed by atoms with Crippen molar-refractivity contribution in [2.45, 2.75) is 19.9 Å². The van der Waals surface area contributed by atoms with Crippen molar-refractivity contribution in [1.82, 2.24) is 15.6 Å². The van der Waals surface area contributed by atoms with Crippen LogP contribution in [0.4, 0.5) is 0 Å². The van der Waals surface area contributed by atoms with Gasteiger partial charge in [0.2, 0.25) is 0 Å². The Morgan fingerprint density at radius 2 is 1.96 bits per heavy atom. The van der Waals surface area contributed by atoms with Crippen molar-refractivity contribution in [2.75, 3.05) is 20.7 Å². The molecule has 2 rings (SSSR count). The summed E-state index contributed by atoms with van der Waals surface area (Å²) in [6, 6.07) is 9.92. The van der Waals surface area contributed by atoms with Gasteiger partial charge < -0.3 is 15.4 Å². The Morgan fingerprint density at radius 1 is 1.20 bits per heavy atom. The number of hydrogen-bond donors (Lipinski definition) is 2. The molecule has 136 valence electrons. The van der Waals surface area contributed by atoms with E-state index in [0.29, 0.717) is 11.7 Å². The van der Waals surface area contributed by atoms with Crippen molar-refractivity contribution in [1.29, 1.82) is 0 Å². The molecule has 1 aromatic carbocycles. The predicted octanol–water partition coefficient (Wildman–Crippen LogP) is 3.58. The van der Waals surface area contributed by atoms with Crippen molar-refractivity contribution >= 4 is 41.5 Å². The molecule has 0 fully saturated rings. The van der Waals surface area contributed by atoms with Crippen LogP contribution < -0.4 is 15.4 Å². The Hall–Kier alpha value is -1.54. The molecule has 0 unspecified atom stereocenters. The third-order valence-electron chi connectivity index (χ3n) is 3.64. The Bertz CT molecular complexity index is 692. The fourth-order valence-electron chi connectivity index (χ4n) is 2.34. The number of methoxy groups -OCH3 is 1. The van der Waals surface area contributed by atoms with Gasteiger partial charge in [-0.1, -0.05) is 29.8 Å². The van der Waals surface area contributed by atoms with Gasteiger partial charge in [-0.25, -0.2) is 4.98 Å². The Balaban J connectivity index is 0.00000312. The van der Waals surface area contributed by atoms with Crippen LogP contribution in [0.1, 0.15) is 16.7 Å². The standard InChI is InChI=1S/C18H23ClN4O.HI/c1-13-10-15(4-6-16(13)24-3)12-23-18(20-2)21-9-8-14-5-7-17(19)22-11-14;/h4-7,10-11H,8-9,12H2,1-3H3,(H2,20,21,23);1H. The Kier molecular flexibility index (Phi) is 9.59. The molecule has 0 radical (unpaired) electrons. The van der Waals surface area contributed by atoms with Crippen molar-refractivity contribution in [3.63, 3.8) is 0 Å². The SMILES string of the molecule is CN=C(NCCc1ccc(Cl)nc1)NCc1ccc(OC)c(C)c1.I. The zero-order valence-electron chi connectivity index (χ0n) is 14.7. The van der Waals surface area contributed by atoms with Gasteiger partial charge in [-0.2, -0.15) is 0 Å². The van der Waals surface area contributed by atoms with Crippen LogP contribution in [0.5, 0.6) is 5.75 Å². The van der Waals surface area contributed by atoms with Crippen LogP contribution in [0.3, 0.4) is 0 Å². The van der Waals surface area contributed by atoms with Gasteiger partial charge in [-0.15, -0.1) is 24.0 Å². The molecule has 2 N–H and O–H groups in total. The summed E-state index contributed by atoms with van der Waals surface area (Å²) in [5, 5.41) is 7.11. The molecule has 0 saturated heterocycles. The number of hydrogen-bond acceptors (Lipinski definition) is 3. The number of pyridine rings is 1. The van der Waals surface area contributed by atoms with E-state index in [9.17, 15) is 0 Å². The molecule has 5 nitrogen and oxygen atoms in total. The van der Waals surface area contributed by atoms with Crippen LogP contribution in [0.15, 0.2) is 41.5 Å². The smallest absolute Gasteiger partial charge is 0.191 e. The number of guanidine groups is 1. The molecule has 0 spiro atoms. The normalized spacial score (nSPS) is 10.8. The number of benzene rings is 1. The largest absolute Gasteiger partial charge is 0.496 e. The van der Waals surface area contributed by atoms with Gasteiger partial charge >= 0.3 is 0 Å². The van der Waals surface area contributed by atoms with Crippen LogP contribution in [0.2, 0.25) is 5.15 Å². The van der Waals surface area contributed by atoms with Crippen LogP contribution >= 0.6 is 35.6 Å². The zero-order valence-corrected chi connectivity index (χ0v) is 17.8. The molecule has 0 aliphatic heterocycles. The first-order valence-corrected chi connectivity index (χ1v) is 8.18. The molecule has 0 aliphatic carbocycles. The summed E-state index contributed by atoms with van der Waals surface area (Å²) in [6.07, 6.45) is 2.65. The summed E-state index contributed by atoms with van der Waals surface area (Å²) in [4.78, 5) is 8.31. The molecule has 0 amide bonds. The summed E-state index contributed by atoms with van der Waals surface area (Å²) in [7, 11) is 3.45. The maximum Gasteiger partial charge on any atom is 0.191 e. The molecule has 1 heterocycles. The van der Waals surface area contributed by atoms with Gasteiger partial charge in [0.15, 0.2) is 5.96 Å². The highest BCUT2D eigenvalue weighted by molar-refractivity contribution is 14.0. The zero-order chi connectivity index (χ0) is 17.4. The molecule has 2 aromatic rings. The van der Waals surface area contributed by atoms with E-state index < -0.39 is 0 Å². The summed E-state index contributed by atoms with van der Waals surface area (Å²) in [6.45, 7) is 3.51. The molecule has 0 saturated carbocycles. The van der Waals surface area contributed by atoms with Crippen LogP contribution in [0, 0.1) is 6.92 Å². The first-order chi connectivity index (χ1) is 11.6. The fraction of sp³-hybridized carbons (Fsp3) is 0.333. The summed E-state index contributed by atoms with van der Waals surface area (Å²) in [5.41, 5.74) is 3.43. The minimum Gasteiger partial charge on any atom is -0.496 e. The van der Waals surface area contributed by atoms with E-state index in [0.717, 1.165) is 35.8 Å². The first kappa shape index (κ1) is 21.5.